The third kappa shape index (κ3) is 4.42. The van der Waals surface area contributed by atoms with Crippen molar-refractivity contribution < 1.29 is 13.7 Å². The van der Waals surface area contributed by atoms with Gasteiger partial charge in [0.1, 0.15) is 0 Å². The molecule has 0 aromatic carbocycles. The molecule has 2 unspecified atom stereocenters. The highest BCUT2D eigenvalue weighted by Crippen LogP contribution is 2.02. The molecule has 2 atom stereocenters. The normalized spacial score (nSPS) is 13.8. The Morgan fingerprint density at radius 3 is 2.46 bits per heavy atom. The Hall–Kier alpha value is -1.16. The monoisotopic (exact) mass is 200 g/mol. The van der Waals surface area contributed by atoms with Gasteiger partial charge in [-0.15, -0.1) is 6.58 Å². The Bertz CT molecular complexity index is 245. The maximum atomic E-state index is 11.3. The standard InChI is InChI=1S/C9H12O3S/c1-4-7-13(11)9(6-3)12-8(10)5-2/h4-6,9H,1-3,7H2. The molecule has 13 heavy (non-hydrogen) atoms. The summed E-state index contributed by atoms with van der Waals surface area (Å²) in [6.07, 6.45) is 3.83. The Labute approximate surface area is 80.2 Å². The van der Waals surface area contributed by atoms with Crippen molar-refractivity contribution in [3.05, 3.63) is 38.0 Å². The highest BCUT2D eigenvalue weighted by molar-refractivity contribution is 7.85. The quantitative estimate of drug-likeness (QED) is 0.367. The van der Waals surface area contributed by atoms with E-state index in [1.807, 2.05) is 0 Å². The van der Waals surface area contributed by atoms with Crippen LogP contribution < -0.4 is 0 Å². The summed E-state index contributed by atoms with van der Waals surface area (Å²) in [4.78, 5) is 10.7. The molecule has 3 nitrogen and oxygen atoms in total. The van der Waals surface area contributed by atoms with Gasteiger partial charge in [0.05, 0.1) is 10.8 Å². The van der Waals surface area contributed by atoms with Crippen molar-refractivity contribution in [1.82, 2.24) is 0 Å². The number of hydrogen-bond acceptors (Lipinski definition) is 3. The third-order valence-corrected chi connectivity index (χ3v) is 2.50. The fraction of sp³-hybridized carbons (Fsp3) is 0.222. The number of carbonyl (C=O) groups is 1. The number of ether oxygens (including phenoxy) is 1. The van der Waals surface area contributed by atoms with E-state index in [1.54, 1.807) is 0 Å². The molecule has 0 saturated carbocycles. The van der Waals surface area contributed by atoms with Gasteiger partial charge in [0.15, 0.2) is 5.44 Å². The second kappa shape index (κ2) is 6.37. The van der Waals surface area contributed by atoms with Gasteiger partial charge in [-0.3, -0.25) is 4.21 Å². The van der Waals surface area contributed by atoms with Crippen LogP contribution in [0.4, 0.5) is 0 Å². The molecule has 0 fully saturated rings. The van der Waals surface area contributed by atoms with Crippen LogP contribution in [0.25, 0.3) is 0 Å². The van der Waals surface area contributed by atoms with Gasteiger partial charge in [-0.25, -0.2) is 4.79 Å². The lowest BCUT2D eigenvalue weighted by Crippen LogP contribution is -2.21. The summed E-state index contributed by atoms with van der Waals surface area (Å²) in [5.41, 5.74) is -0.788. The molecule has 0 aromatic heterocycles. The zero-order valence-corrected chi connectivity index (χ0v) is 8.09. The molecule has 0 amide bonds. The Kier molecular flexibility index (Phi) is 5.80. The lowest BCUT2D eigenvalue weighted by atomic mass is 10.6. The van der Waals surface area contributed by atoms with Gasteiger partial charge in [0, 0.05) is 11.8 Å². The average Bonchev–Trinajstić information content (AvgIpc) is 2.14. The molecule has 0 N–H and O–H groups in total. The lowest BCUT2D eigenvalue weighted by Gasteiger charge is -2.10. The highest BCUT2D eigenvalue weighted by Gasteiger charge is 2.14. The van der Waals surface area contributed by atoms with E-state index >= 15 is 0 Å². The maximum absolute atomic E-state index is 11.3. The number of rotatable bonds is 6. The summed E-state index contributed by atoms with van der Waals surface area (Å²) < 4.78 is 16.0. The van der Waals surface area contributed by atoms with Crippen molar-refractivity contribution in [3.63, 3.8) is 0 Å². The van der Waals surface area contributed by atoms with Crippen LogP contribution in [0.1, 0.15) is 0 Å². The summed E-state index contributed by atoms with van der Waals surface area (Å²) in [5, 5.41) is 0. The van der Waals surface area contributed by atoms with E-state index in [0.717, 1.165) is 6.08 Å². The van der Waals surface area contributed by atoms with Crippen molar-refractivity contribution in [3.8, 4) is 0 Å². The molecule has 0 aliphatic carbocycles. The van der Waals surface area contributed by atoms with Crippen molar-refractivity contribution in [2.24, 2.45) is 0 Å². The van der Waals surface area contributed by atoms with Crippen LogP contribution in [0.3, 0.4) is 0 Å². The van der Waals surface area contributed by atoms with Gasteiger partial charge in [-0.05, 0) is 6.08 Å². The predicted octanol–water partition coefficient (Wildman–Crippen LogP) is 1.16. The Balaban J connectivity index is 4.24. The van der Waals surface area contributed by atoms with Crippen molar-refractivity contribution in [2.75, 3.05) is 5.75 Å². The molecular formula is C9H12O3S. The van der Waals surface area contributed by atoms with Crippen LogP contribution in [-0.4, -0.2) is 21.4 Å². The SMILES string of the molecule is C=CCS(=O)C(C=C)OC(=O)C=C. The second-order valence-electron chi connectivity index (χ2n) is 2.08. The molecule has 0 heterocycles. The first-order chi connectivity index (χ1) is 6.15. The average molecular weight is 200 g/mol. The molecule has 0 radical (unpaired) electrons. The van der Waals surface area contributed by atoms with Gasteiger partial charge in [0.25, 0.3) is 0 Å². The van der Waals surface area contributed by atoms with Gasteiger partial charge >= 0.3 is 5.97 Å². The highest BCUT2D eigenvalue weighted by atomic mass is 32.2. The van der Waals surface area contributed by atoms with Crippen LogP contribution >= 0.6 is 0 Å². The number of carbonyl (C=O) groups excluding carboxylic acids is 1. The first-order valence-electron chi connectivity index (χ1n) is 3.59. The van der Waals surface area contributed by atoms with Crippen LogP contribution in [-0.2, 0) is 20.3 Å². The summed E-state index contributed by atoms with van der Waals surface area (Å²) in [6, 6.07) is 0. The minimum atomic E-state index is -1.31. The van der Waals surface area contributed by atoms with E-state index in [2.05, 4.69) is 19.7 Å². The summed E-state index contributed by atoms with van der Waals surface area (Å²) in [6.45, 7) is 10.1. The molecule has 0 aliphatic heterocycles. The Morgan fingerprint density at radius 1 is 1.46 bits per heavy atom. The van der Waals surface area contributed by atoms with E-state index in [-0.39, 0.29) is 5.75 Å². The van der Waals surface area contributed by atoms with Crippen LogP contribution in [0, 0.1) is 0 Å². The van der Waals surface area contributed by atoms with Crippen molar-refractivity contribution in [1.29, 1.82) is 0 Å². The van der Waals surface area contributed by atoms with E-state index in [9.17, 15) is 9.00 Å². The fourth-order valence-corrected chi connectivity index (χ4v) is 1.42. The van der Waals surface area contributed by atoms with Crippen LogP contribution in [0.2, 0.25) is 0 Å². The van der Waals surface area contributed by atoms with Crippen molar-refractivity contribution in [2.45, 2.75) is 5.44 Å². The molecule has 0 bridgehead atoms. The minimum Gasteiger partial charge on any atom is -0.441 e. The zero-order chi connectivity index (χ0) is 10.3. The van der Waals surface area contributed by atoms with E-state index in [0.29, 0.717) is 0 Å². The van der Waals surface area contributed by atoms with E-state index in [1.165, 1.54) is 12.2 Å². The second-order valence-corrected chi connectivity index (χ2v) is 3.64. The smallest absolute Gasteiger partial charge is 0.331 e. The summed E-state index contributed by atoms with van der Waals surface area (Å²) in [7, 11) is -1.31. The van der Waals surface area contributed by atoms with Gasteiger partial charge in [0.2, 0.25) is 0 Å². The Morgan fingerprint density at radius 2 is 2.08 bits per heavy atom. The fourth-order valence-electron chi connectivity index (χ4n) is 0.583. The van der Waals surface area contributed by atoms with E-state index < -0.39 is 22.2 Å². The minimum absolute atomic E-state index is 0.265. The zero-order valence-electron chi connectivity index (χ0n) is 7.27. The van der Waals surface area contributed by atoms with Crippen molar-refractivity contribution >= 4 is 16.8 Å². The first kappa shape index (κ1) is 11.8. The largest absolute Gasteiger partial charge is 0.441 e. The van der Waals surface area contributed by atoms with Crippen LogP contribution in [0.15, 0.2) is 38.0 Å². The van der Waals surface area contributed by atoms with Gasteiger partial charge in [-0.2, -0.15) is 0 Å². The molecule has 72 valence electrons. The topological polar surface area (TPSA) is 43.4 Å². The van der Waals surface area contributed by atoms with Gasteiger partial charge < -0.3 is 4.74 Å². The molecular weight excluding hydrogens is 188 g/mol. The van der Waals surface area contributed by atoms with E-state index in [4.69, 9.17) is 4.74 Å². The molecule has 0 saturated heterocycles. The maximum Gasteiger partial charge on any atom is 0.331 e. The molecule has 0 aromatic rings. The third-order valence-electron chi connectivity index (χ3n) is 1.13. The number of esters is 1. The lowest BCUT2D eigenvalue weighted by molar-refractivity contribution is -0.137. The molecule has 0 rings (SSSR count). The number of hydrogen-bond donors (Lipinski definition) is 0. The molecule has 4 heteroatoms. The summed E-state index contributed by atoms with van der Waals surface area (Å²) in [5.74, 6) is -0.344. The first-order valence-corrected chi connectivity index (χ1v) is 4.97. The molecule has 0 spiro atoms. The van der Waals surface area contributed by atoms with Gasteiger partial charge in [-0.1, -0.05) is 19.2 Å². The molecule has 0 aliphatic rings. The van der Waals surface area contributed by atoms with Crippen LogP contribution in [0.5, 0.6) is 0 Å². The predicted molar refractivity (Wildman–Crippen MR) is 53.5 cm³/mol. The summed E-state index contributed by atoms with van der Waals surface area (Å²) >= 11 is 0.